The summed E-state index contributed by atoms with van der Waals surface area (Å²) in [4.78, 5) is 4.83. The summed E-state index contributed by atoms with van der Waals surface area (Å²) in [7, 11) is 1.65. The number of hydrogen-bond donors (Lipinski definition) is 1. The van der Waals surface area contributed by atoms with Gasteiger partial charge in [0, 0.05) is 21.3 Å². The molecule has 4 aromatic rings. The number of pyridine rings is 1. The second-order valence-electron chi connectivity index (χ2n) is 8.61. The lowest BCUT2D eigenvalue weighted by atomic mass is 9.72. The fourth-order valence-electron chi connectivity index (χ4n) is 4.79. The third kappa shape index (κ3) is 5.29. The van der Waals surface area contributed by atoms with Crippen LogP contribution in [-0.2, 0) is 6.42 Å². The van der Waals surface area contributed by atoms with E-state index in [4.69, 9.17) is 9.72 Å². The molecule has 4 rings (SSSR count). The lowest BCUT2D eigenvalue weighted by Crippen LogP contribution is -2.38. The van der Waals surface area contributed by atoms with Gasteiger partial charge in [-0.25, -0.2) is 4.98 Å². The van der Waals surface area contributed by atoms with Crippen LogP contribution in [0, 0.1) is 0 Å². The van der Waals surface area contributed by atoms with Gasteiger partial charge < -0.3 is 9.84 Å². The second kappa shape index (κ2) is 10.5. The fraction of sp³-hybridized carbons (Fsp3) is 0.276. The first-order chi connectivity index (χ1) is 16.0. The maximum atomic E-state index is 12.3. The van der Waals surface area contributed by atoms with Crippen molar-refractivity contribution in [3.05, 3.63) is 106 Å². The molecule has 1 heterocycles. The van der Waals surface area contributed by atoms with E-state index in [2.05, 4.69) is 71.4 Å². The fourth-order valence-corrected chi connectivity index (χ4v) is 5.14. The Balaban J connectivity index is 1.86. The summed E-state index contributed by atoms with van der Waals surface area (Å²) in [6.07, 6.45) is 3.01. The van der Waals surface area contributed by atoms with Gasteiger partial charge in [0.05, 0.1) is 18.2 Å². The minimum absolute atomic E-state index is 0.266. The van der Waals surface area contributed by atoms with E-state index in [1.54, 1.807) is 7.11 Å². The lowest BCUT2D eigenvalue weighted by molar-refractivity contribution is 0.00547. The molecule has 0 saturated carbocycles. The molecule has 0 radical (unpaired) electrons. The maximum absolute atomic E-state index is 12.3. The molecule has 170 valence electrons. The van der Waals surface area contributed by atoms with Crippen molar-refractivity contribution in [2.45, 2.75) is 44.1 Å². The van der Waals surface area contributed by atoms with Crippen LogP contribution in [0.3, 0.4) is 0 Å². The molecule has 2 atom stereocenters. The molecule has 0 amide bonds. The summed E-state index contributed by atoms with van der Waals surface area (Å²) in [6, 6.07) is 28.8. The minimum atomic E-state index is -0.954. The monoisotopic (exact) mass is 503 g/mol. The number of fused-ring (bicyclic) bond motifs is 1. The van der Waals surface area contributed by atoms with E-state index in [0.29, 0.717) is 18.7 Å². The molecule has 0 aliphatic heterocycles. The summed E-state index contributed by atoms with van der Waals surface area (Å²) in [5.41, 5.74) is 3.12. The number of benzene rings is 3. The predicted octanol–water partition coefficient (Wildman–Crippen LogP) is 7.30. The first-order valence-corrected chi connectivity index (χ1v) is 12.3. The van der Waals surface area contributed by atoms with Gasteiger partial charge in [0.15, 0.2) is 0 Å². The molecule has 3 nitrogen and oxygen atoms in total. The van der Waals surface area contributed by atoms with E-state index in [1.807, 2.05) is 36.4 Å². The van der Waals surface area contributed by atoms with Crippen LogP contribution in [0.5, 0.6) is 5.88 Å². The van der Waals surface area contributed by atoms with Gasteiger partial charge in [0.1, 0.15) is 0 Å². The molecule has 1 N–H and O–H groups in total. The molecule has 0 spiro atoms. The Labute approximate surface area is 204 Å². The van der Waals surface area contributed by atoms with Crippen LogP contribution in [0.15, 0.2) is 89.4 Å². The van der Waals surface area contributed by atoms with E-state index in [1.165, 1.54) is 5.56 Å². The number of aromatic nitrogens is 1. The summed E-state index contributed by atoms with van der Waals surface area (Å²) >= 11 is 3.54. The Morgan fingerprint density at radius 1 is 0.939 bits per heavy atom. The van der Waals surface area contributed by atoms with Gasteiger partial charge in [-0.3, -0.25) is 0 Å². The van der Waals surface area contributed by atoms with Gasteiger partial charge in [-0.1, -0.05) is 96.0 Å². The average molecular weight is 504 g/mol. The highest BCUT2D eigenvalue weighted by Crippen LogP contribution is 2.44. The number of hydrogen-bond acceptors (Lipinski definition) is 3. The SMILES string of the molecule is CCCC(O)(CCc1ccccc1)C(c1ccccc1)c1cc2ccc(Br)cc2nc1OC. The molecule has 0 saturated heterocycles. The molecule has 0 aliphatic rings. The Hall–Kier alpha value is -2.69. The molecular weight excluding hydrogens is 474 g/mol. The summed E-state index contributed by atoms with van der Waals surface area (Å²) < 4.78 is 6.77. The average Bonchev–Trinajstić information content (AvgIpc) is 2.84. The zero-order valence-corrected chi connectivity index (χ0v) is 20.8. The summed E-state index contributed by atoms with van der Waals surface area (Å²) in [6.45, 7) is 2.13. The minimum Gasteiger partial charge on any atom is -0.481 e. The van der Waals surface area contributed by atoms with Crippen molar-refractivity contribution in [1.29, 1.82) is 0 Å². The van der Waals surface area contributed by atoms with Crippen LogP contribution in [0.25, 0.3) is 10.9 Å². The van der Waals surface area contributed by atoms with Crippen LogP contribution in [0.2, 0.25) is 0 Å². The van der Waals surface area contributed by atoms with Crippen molar-refractivity contribution in [3.63, 3.8) is 0 Å². The van der Waals surface area contributed by atoms with E-state index in [-0.39, 0.29) is 5.92 Å². The van der Waals surface area contributed by atoms with Crippen LogP contribution >= 0.6 is 15.9 Å². The van der Waals surface area contributed by atoms with E-state index in [0.717, 1.165) is 39.3 Å². The van der Waals surface area contributed by atoms with Gasteiger partial charge >= 0.3 is 0 Å². The van der Waals surface area contributed by atoms with E-state index < -0.39 is 5.60 Å². The summed E-state index contributed by atoms with van der Waals surface area (Å²) in [5, 5.41) is 13.3. The van der Waals surface area contributed by atoms with Crippen LogP contribution < -0.4 is 4.74 Å². The number of nitrogens with zero attached hydrogens (tertiary/aromatic N) is 1. The molecule has 2 unspecified atom stereocenters. The predicted molar refractivity (Wildman–Crippen MR) is 139 cm³/mol. The third-order valence-corrected chi connectivity index (χ3v) is 6.81. The van der Waals surface area contributed by atoms with Gasteiger partial charge in [0.25, 0.3) is 0 Å². The van der Waals surface area contributed by atoms with E-state index >= 15 is 0 Å². The van der Waals surface area contributed by atoms with Crippen molar-refractivity contribution in [2.75, 3.05) is 7.11 Å². The molecular formula is C29H30BrNO2. The number of aryl methyl sites for hydroxylation is 1. The van der Waals surface area contributed by atoms with Crippen molar-refractivity contribution < 1.29 is 9.84 Å². The molecule has 3 aromatic carbocycles. The molecule has 4 heteroatoms. The van der Waals surface area contributed by atoms with Crippen LogP contribution in [0.1, 0.15) is 48.8 Å². The van der Waals surface area contributed by atoms with Crippen molar-refractivity contribution in [1.82, 2.24) is 4.98 Å². The van der Waals surface area contributed by atoms with Gasteiger partial charge in [-0.05, 0) is 48.6 Å². The first kappa shape index (κ1) is 23.5. The highest BCUT2D eigenvalue weighted by Gasteiger charge is 2.39. The van der Waals surface area contributed by atoms with Crippen molar-refractivity contribution in [3.8, 4) is 5.88 Å². The van der Waals surface area contributed by atoms with Crippen molar-refractivity contribution >= 4 is 26.8 Å². The quantitative estimate of drug-likeness (QED) is 0.260. The Morgan fingerprint density at radius 3 is 2.30 bits per heavy atom. The number of ether oxygens (including phenoxy) is 1. The zero-order chi connectivity index (χ0) is 23.3. The molecule has 33 heavy (non-hydrogen) atoms. The number of aliphatic hydroxyl groups is 1. The number of halogens is 1. The zero-order valence-electron chi connectivity index (χ0n) is 19.2. The van der Waals surface area contributed by atoms with Crippen molar-refractivity contribution in [2.24, 2.45) is 0 Å². The Bertz CT molecular complexity index is 1200. The molecule has 1 aromatic heterocycles. The van der Waals surface area contributed by atoms with Gasteiger partial charge in [0.2, 0.25) is 5.88 Å². The first-order valence-electron chi connectivity index (χ1n) is 11.5. The van der Waals surface area contributed by atoms with Gasteiger partial charge in [-0.15, -0.1) is 0 Å². The third-order valence-electron chi connectivity index (χ3n) is 6.32. The topological polar surface area (TPSA) is 42.4 Å². The Kier molecular flexibility index (Phi) is 7.46. The molecule has 0 fully saturated rings. The highest BCUT2D eigenvalue weighted by molar-refractivity contribution is 9.10. The molecule has 0 bridgehead atoms. The van der Waals surface area contributed by atoms with E-state index in [9.17, 15) is 5.11 Å². The van der Waals surface area contributed by atoms with Gasteiger partial charge in [-0.2, -0.15) is 0 Å². The standard InChI is InChI=1S/C29H30BrNO2/c1-3-17-29(32,18-16-21-10-6-4-7-11-21)27(22-12-8-5-9-13-22)25-19-23-14-15-24(30)20-26(23)31-28(25)33-2/h4-15,19-20,27,32H,3,16-18H2,1-2H3. The lowest BCUT2D eigenvalue weighted by Gasteiger charge is -2.38. The maximum Gasteiger partial charge on any atom is 0.217 e. The highest BCUT2D eigenvalue weighted by atomic mass is 79.9. The number of rotatable bonds is 9. The second-order valence-corrected chi connectivity index (χ2v) is 9.52. The normalized spacial score (nSPS) is 14.1. The molecule has 0 aliphatic carbocycles. The summed E-state index contributed by atoms with van der Waals surface area (Å²) in [5.74, 6) is 0.293. The van der Waals surface area contributed by atoms with Crippen LogP contribution in [-0.4, -0.2) is 22.8 Å². The smallest absolute Gasteiger partial charge is 0.217 e. The largest absolute Gasteiger partial charge is 0.481 e. The van der Waals surface area contributed by atoms with Crippen LogP contribution in [0.4, 0.5) is 0 Å². The number of methoxy groups -OCH3 is 1. The Morgan fingerprint density at radius 2 is 1.64 bits per heavy atom.